The number of benzene rings is 1. The number of fused-ring (bicyclic) bond motifs is 1. The Kier molecular flexibility index (Phi) is 4.09. The predicted molar refractivity (Wildman–Crippen MR) is 97.1 cm³/mol. The summed E-state index contributed by atoms with van der Waals surface area (Å²) in [4.78, 5) is 37.9. The Hall–Kier alpha value is -2.54. The molecule has 0 bridgehead atoms. The van der Waals surface area contributed by atoms with Gasteiger partial charge < -0.3 is 9.88 Å². The third-order valence-electron chi connectivity index (χ3n) is 4.58. The summed E-state index contributed by atoms with van der Waals surface area (Å²) in [5, 5.41) is 0. The molecule has 25 heavy (non-hydrogen) atoms. The first kappa shape index (κ1) is 16.0. The fraction of sp³-hybridized carbons (Fsp3) is 0.333. The predicted octanol–water partition coefficient (Wildman–Crippen LogP) is 2.71. The molecule has 1 atom stereocenters. The SMILES string of the molecule is Cc1nc(C2CCCN(C(=O)c3ccc4ncsc4c3)C2)cc(=O)[nH]1. The van der Waals surface area contributed by atoms with Crippen molar-refractivity contribution in [2.24, 2.45) is 0 Å². The number of carbonyl (C=O) groups is 1. The maximum Gasteiger partial charge on any atom is 0.253 e. The van der Waals surface area contributed by atoms with Gasteiger partial charge in [-0.1, -0.05) is 0 Å². The molecule has 1 N–H and O–H groups in total. The zero-order valence-corrected chi connectivity index (χ0v) is 14.7. The number of aromatic amines is 1. The number of H-pyrrole nitrogens is 1. The summed E-state index contributed by atoms with van der Waals surface area (Å²) >= 11 is 1.54. The smallest absolute Gasteiger partial charge is 0.253 e. The highest BCUT2D eigenvalue weighted by atomic mass is 32.1. The Morgan fingerprint density at radius 2 is 2.24 bits per heavy atom. The second-order valence-electron chi connectivity index (χ2n) is 6.38. The van der Waals surface area contributed by atoms with E-state index < -0.39 is 0 Å². The number of hydrogen-bond acceptors (Lipinski definition) is 5. The number of aromatic nitrogens is 3. The lowest BCUT2D eigenvalue weighted by Gasteiger charge is -2.32. The first-order valence-electron chi connectivity index (χ1n) is 8.30. The molecular weight excluding hydrogens is 336 g/mol. The molecule has 1 aliphatic rings. The highest BCUT2D eigenvalue weighted by Gasteiger charge is 2.27. The zero-order chi connectivity index (χ0) is 17.4. The van der Waals surface area contributed by atoms with E-state index in [0.717, 1.165) is 35.3 Å². The average molecular weight is 354 g/mol. The number of carbonyl (C=O) groups excluding carboxylic acids is 1. The number of thiazole rings is 1. The lowest BCUT2D eigenvalue weighted by atomic mass is 9.94. The molecule has 1 saturated heterocycles. The van der Waals surface area contributed by atoms with Gasteiger partial charge in [0.2, 0.25) is 0 Å². The van der Waals surface area contributed by atoms with Crippen LogP contribution in [-0.2, 0) is 0 Å². The van der Waals surface area contributed by atoms with E-state index in [-0.39, 0.29) is 17.4 Å². The van der Waals surface area contributed by atoms with Gasteiger partial charge in [-0.25, -0.2) is 9.97 Å². The highest BCUT2D eigenvalue weighted by Crippen LogP contribution is 2.27. The normalized spacial score (nSPS) is 17.8. The lowest BCUT2D eigenvalue weighted by Crippen LogP contribution is -2.39. The van der Waals surface area contributed by atoms with Gasteiger partial charge in [0, 0.05) is 30.6 Å². The number of rotatable bonds is 2. The number of likely N-dealkylation sites (tertiary alicyclic amines) is 1. The van der Waals surface area contributed by atoms with Crippen LogP contribution in [0, 0.1) is 6.92 Å². The summed E-state index contributed by atoms with van der Waals surface area (Å²) in [7, 11) is 0. The second kappa shape index (κ2) is 6.40. The van der Waals surface area contributed by atoms with Crippen molar-refractivity contribution in [1.82, 2.24) is 19.9 Å². The minimum atomic E-state index is -0.137. The zero-order valence-electron chi connectivity index (χ0n) is 13.9. The van der Waals surface area contributed by atoms with Crippen LogP contribution in [0.4, 0.5) is 0 Å². The molecule has 0 radical (unpaired) electrons. The van der Waals surface area contributed by atoms with Crippen molar-refractivity contribution in [2.75, 3.05) is 13.1 Å². The van der Waals surface area contributed by atoms with E-state index in [4.69, 9.17) is 0 Å². The number of nitrogens with zero attached hydrogens (tertiary/aromatic N) is 3. The number of piperidine rings is 1. The standard InChI is InChI=1S/C18H18N4O2S/c1-11-20-15(8-17(23)21-11)13-3-2-6-22(9-13)18(24)12-4-5-14-16(7-12)25-10-19-14/h4-5,7-8,10,13H,2-3,6,9H2,1H3,(H,20,21,23). The summed E-state index contributed by atoms with van der Waals surface area (Å²) in [5.41, 5.74) is 4.03. The van der Waals surface area contributed by atoms with Crippen molar-refractivity contribution in [3.8, 4) is 0 Å². The van der Waals surface area contributed by atoms with E-state index in [2.05, 4.69) is 15.0 Å². The molecule has 3 heterocycles. The molecule has 7 heteroatoms. The lowest BCUT2D eigenvalue weighted by molar-refractivity contribution is 0.0706. The van der Waals surface area contributed by atoms with Gasteiger partial charge in [0.25, 0.3) is 11.5 Å². The Balaban J connectivity index is 1.57. The Bertz CT molecular complexity index is 994. The molecule has 2 aromatic heterocycles. The molecule has 0 aliphatic carbocycles. The quantitative estimate of drug-likeness (QED) is 0.767. The molecule has 1 unspecified atom stereocenters. The summed E-state index contributed by atoms with van der Waals surface area (Å²) in [6.07, 6.45) is 1.85. The van der Waals surface area contributed by atoms with Crippen LogP contribution in [-0.4, -0.2) is 38.8 Å². The van der Waals surface area contributed by atoms with Gasteiger partial charge in [0.15, 0.2) is 0 Å². The Morgan fingerprint density at radius 3 is 3.08 bits per heavy atom. The molecule has 1 aliphatic heterocycles. The molecule has 1 fully saturated rings. The van der Waals surface area contributed by atoms with Crippen LogP contribution in [0.5, 0.6) is 0 Å². The van der Waals surface area contributed by atoms with E-state index in [0.29, 0.717) is 17.9 Å². The topological polar surface area (TPSA) is 79.0 Å². The van der Waals surface area contributed by atoms with Gasteiger partial charge >= 0.3 is 0 Å². The van der Waals surface area contributed by atoms with E-state index in [1.165, 1.54) is 11.3 Å². The molecule has 6 nitrogen and oxygen atoms in total. The van der Waals surface area contributed by atoms with Crippen molar-refractivity contribution in [3.63, 3.8) is 0 Å². The molecule has 1 amide bonds. The third-order valence-corrected chi connectivity index (χ3v) is 5.38. The highest BCUT2D eigenvalue weighted by molar-refractivity contribution is 7.16. The largest absolute Gasteiger partial charge is 0.338 e. The summed E-state index contributed by atoms with van der Waals surface area (Å²) in [6, 6.07) is 7.19. The Morgan fingerprint density at radius 1 is 1.36 bits per heavy atom. The van der Waals surface area contributed by atoms with Crippen molar-refractivity contribution in [1.29, 1.82) is 0 Å². The monoisotopic (exact) mass is 354 g/mol. The molecule has 0 saturated carbocycles. The molecule has 0 spiro atoms. The fourth-order valence-electron chi connectivity index (χ4n) is 3.39. The van der Waals surface area contributed by atoms with E-state index in [9.17, 15) is 9.59 Å². The van der Waals surface area contributed by atoms with Crippen LogP contribution in [0.2, 0.25) is 0 Å². The maximum absolute atomic E-state index is 12.9. The average Bonchev–Trinajstić information content (AvgIpc) is 3.08. The first-order chi connectivity index (χ1) is 12.1. The van der Waals surface area contributed by atoms with Crippen molar-refractivity contribution in [3.05, 3.63) is 57.2 Å². The molecule has 1 aromatic carbocycles. The van der Waals surface area contributed by atoms with Gasteiger partial charge in [0.1, 0.15) is 5.82 Å². The van der Waals surface area contributed by atoms with Crippen LogP contribution in [0.3, 0.4) is 0 Å². The molecule has 3 aromatic rings. The van der Waals surface area contributed by atoms with E-state index in [1.54, 1.807) is 18.5 Å². The summed E-state index contributed by atoms with van der Waals surface area (Å²) < 4.78 is 1.02. The Labute approximate surface area is 148 Å². The van der Waals surface area contributed by atoms with Crippen LogP contribution < -0.4 is 5.56 Å². The van der Waals surface area contributed by atoms with Gasteiger partial charge in [-0.15, -0.1) is 11.3 Å². The van der Waals surface area contributed by atoms with Gasteiger partial charge in [-0.05, 0) is 38.0 Å². The van der Waals surface area contributed by atoms with E-state index in [1.807, 2.05) is 23.1 Å². The maximum atomic E-state index is 12.9. The van der Waals surface area contributed by atoms with Gasteiger partial charge in [-0.3, -0.25) is 9.59 Å². The van der Waals surface area contributed by atoms with Gasteiger partial charge in [-0.2, -0.15) is 0 Å². The van der Waals surface area contributed by atoms with Crippen LogP contribution in [0.25, 0.3) is 10.2 Å². The first-order valence-corrected chi connectivity index (χ1v) is 9.18. The van der Waals surface area contributed by atoms with Crippen molar-refractivity contribution >= 4 is 27.5 Å². The number of amides is 1. The minimum absolute atomic E-state index is 0.0292. The number of nitrogens with one attached hydrogen (secondary N) is 1. The molecule has 128 valence electrons. The molecular formula is C18H18N4O2S. The second-order valence-corrected chi connectivity index (χ2v) is 7.27. The number of aryl methyl sites for hydroxylation is 1. The third kappa shape index (κ3) is 3.19. The molecule has 4 rings (SSSR count). The van der Waals surface area contributed by atoms with Gasteiger partial charge in [0.05, 0.1) is 21.4 Å². The summed E-state index contributed by atoms with van der Waals surface area (Å²) in [5.74, 6) is 0.744. The van der Waals surface area contributed by atoms with Crippen LogP contribution in [0.1, 0.15) is 40.6 Å². The fourth-order valence-corrected chi connectivity index (χ4v) is 4.10. The summed E-state index contributed by atoms with van der Waals surface area (Å²) in [6.45, 7) is 3.11. The van der Waals surface area contributed by atoms with Crippen molar-refractivity contribution < 1.29 is 4.79 Å². The van der Waals surface area contributed by atoms with E-state index >= 15 is 0 Å². The van der Waals surface area contributed by atoms with Crippen molar-refractivity contribution in [2.45, 2.75) is 25.7 Å². The van der Waals surface area contributed by atoms with Crippen LogP contribution >= 0.6 is 11.3 Å². The minimum Gasteiger partial charge on any atom is -0.338 e. The van der Waals surface area contributed by atoms with Crippen LogP contribution in [0.15, 0.2) is 34.6 Å². The number of hydrogen-bond donors (Lipinski definition) is 1.